The number of nitrogens with one attached hydrogen (secondary N) is 3. The summed E-state index contributed by atoms with van der Waals surface area (Å²) < 4.78 is 0. The Morgan fingerprint density at radius 2 is 1.70 bits per heavy atom. The number of carbonyl (C=O) groups excluding carboxylic acids is 3. The van der Waals surface area contributed by atoms with Crippen LogP contribution in [-0.4, -0.2) is 139 Å². The second kappa shape index (κ2) is 18.5. The first-order valence-electron chi connectivity index (χ1n) is 24.8. The smallest absolute Gasteiger partial charge is 0.318 e. The number of amides is 4. The maximum Gasteiger partial charge on any atom is 0.318 e. The number of likely N-dealkylation sites (tertiary alicyclic amines) is 3. The van der Waals surface area contributed by atoms with Crippen molar-refractivity contribution in [3.05, 3.63) is 89.2 Å². The lowest BCUT2D eigenvalue weighted by Crippen LogP contribution is -2.70. The largest absolute Gasteiger partial charge is 0.507 e. The van der Waals surface area contributed by atoms with Gasteiger partial charge in [-0.1, -0.05) is 51.0 Å². The highest BCUT2D eigenvalue weighted by atomic mass is 16.3. The number of hydrogen-bond donors (Lipinski definition) is 5. The van der Waals surface area contributed by atoms with Crippen molar-refractivity contribution in [2.75, 3.05) is 49.5 Å². The van der Waals surface area contributed by atoms with Gasteiger partial charge in [0.15, 0.2) is 5.82 Å². The van der Waals surface area contributed by atoms with E-state index in [9.17, 15) is 24.6 Å². The van der Waals surface area contributed by atoms with Crippen molar-refractivity contribution in [3.63, 3.8) is 0 Å². The zero-order valence-electron chi connectivity index (χ0n) is 40.4. The molecule has 16 heteroatoms. The summed E-state index contributed by atoms with van der Waals surface area (Å²) in [6, 6.07) is 15.8. The highest BCUT2D eigenvalue weighted by Crippen LogP contribution is 2.51. The van der Waals surface area contributed by atoms with Crippen molar-refractivity contribution in [3.8, 4) is 28.8 Å². The first-order chi connectivity index (χ1) is 33.2. The molecule has 69 heavy (non-hydrogen) atoms. The molecule has 6 aliphatic rings. The Labute approximate surface area is 404 Å². The lowest BCUT2D eigenvalue weighted by Gasteiger charge is -2.61. The van der Waals surface area contributed by atoms with Crippen LogP contribution in [0.1, 0.15) is 107 Å². The lowest BCUT2D eigenvalue weighted by molar-refractivity contribution is -0.142. The highest BCUT2D eigenvalue weighted by Gasteiger charge is 2.56. The maximum atomic E-state index is 14.2. The summed E-state index contributed by atoms with van der Waals surface area (Å²) >= 11 is 0. The van der Waals surface area contributed by atoms with E-state index >= 15 is 0 Å². The lowest BCUT2D eigenvalue weighted by atomic mass is 9.60. The zero-order valence-corrected chi connectivity index (χ0v) is 40.4. The van der Waals surface area contributed by atoms with Gasteiger partial charge < -0.3 is 45.8 Å². The fourth-order valence-electron chi connectivity index (χ4n) is 12.0. The van der Waals surface area contributed by atoms with Crippen LogP contribution in [0.15, 0.2) is 67.0 Å². The molecule has 0 radical (unpaired) electrons. The van der Waals surface area contributed by atoms with Gasteiger partial charge in [-0.25, -0.2) is 14.8 Å². The highest BCUT2D eigenvalue weighted by molar-refractivity contribution is 5.93. The van der Waals surface area contributed by atoms with Gasteiger partial charge in [0.05, 0.1) is 11.8 Å². The molecule has 2 aromatic carbocycles. The number of para-hydroxylation sites is 1. The molecule has 4 aromatic rings. The van der Waals surface area contributed by atoms with Crippen molar-refractivity contribution in [1.29, 1.82) is 0 Å². The van der Waals surface area contributed by atoms with Crippen molar-refractivity contribution in [1.82, 2.24) is 45.5 Å². The normalized spacial score (nSPS) is 24.8. The number of β-amino-alcohol motifs (C(OH)–C–C–N with tert-alkyl or cyclic N) is 1. The number of phenols is 1. The van der Waals surface area contributed by atoms with Gasteiger partial charge >= 0.3 is 6.03 Å². The van der Waals surface area contributed by atoms with Crippen LogP contribution in [0.25, 0.3) is 11.3 Å². The molecule has 0 bridgehead atoms. The van der Waals surface area contributed by atoms with Crippen molar-refractivity contribution in [2.45, 2.75) is 128 Å². The second-order valence-corrected chi connectivity index (χ2v) is 21.5. The number of urea groups is 1. The molecule has 16 nitrogen and oxygen atoms in total. The molecule has 10 rings (SSSR count). The van der Waals surface area contributed by atoms with E-state index in [2.05, 4.69) is 60.8 Å². The third-order valence-electron chi connectivity index (χ3n) is 15.9. The quantitative estimate of drug-likeness (QED) is 0.138. The fourth-order valence-corrected chi connectivity index (χ4v) is 12.0. The molecule has 4 amide bonds. The summed E-state index contributed by atoms with van der Waals surface area (Å²) in [4.78, 5) is 59.5. The molecule has 2 unspecified atom stereocenters. The van der Waals surface area contributed by atoms with Gasteiger partial charge in [-0.2, -0.15) is 0 Å². The Balaban J connectivity index is 0.684. The summed E-state index contributed by atoms with van der Waals surface area (Å²) in [7, 11) is 0. The average Bonchev–Trinajstić information content (AvgIpc) is 3.90. The number of nitrogens with zero attached hydrogens (tertiary/aromatic N) is 8. The van der Waals surface area contributed by atoms with Crippen LogP contribution >= 0.6 is 0 Å². The summed E-state index contributed by atoms with van der Waals surface area (Å²) in [6.45, 7) is 14.3. The number of benzene rings is 2. The Hall–Kier alpha value is -6.31. The fraction of sp³-hybridized carbons (Fsp3) is 0.528. The van der Waals surface area contributed by atoms with Crippen LogP contribution in [0.4, 0.5) is 16.6 Å². The number of phenolic OH excluding ortho intramolecular Hbond substituents is 1. The standard InChI is InChI=1S/C53H65N11O5/c1-6-9-33-12-14-34(15-13-33)26-54-48(67)43-22-38(65)29-64(43)49(68)46(52(3,4)5)58-51(69)62-30-53(31-62)24-37(25-53)61-19-16-35(17-20-61)36-27-55-50(56-28-36)63-21-18-41-45(32(63)2)40-23-42(59-60-47(40)57-41)39-10-7-8-11-44(39)66/h7-8,10-15,23,27-28,32,35,37-38,41,43,45-46,65-66H,16-22,24-26,29-31H2,1-5H3,(H,54,67)(H,57,60)(H,58,69)/t32-,38-,41?,43+,45?,46-/m1/s1. The SMILES string of the molecule is CC#Cc1ccc(CNC(=O)[C@@H]2C[C@@H](O)CN2C(=O)[C@@H](NC(=O)N2CC3(CC(N4CCC(c5cnc(N6CCC7Nc8nnc(-c9ccccc9O)cc8C7[C@H]6C)nc5)CC4)C3)C2)C(C)(C)C)cc1. The van der Waals surface area contributed by atoms with Crippen LogP contribution in [0.2, 0.25) is 0 Å². The molecule has 7 heterocycles. The molecular weight excluding hydrogens is 871 g/mol. The topological polar surface area (TPSA) is 192 Å². The van der Waals surface area contributed by atoms with E-state index < -0.39 is 23.6 Å². The monoisotopic (exact) mass is 936 g/mol. The molecule has 2 aromatic heterocycles. The number of aromatic nitrogens is 4. The number of rotatable bonds is 9. The predicted molar refractivity (Wildman–Crippen MR) is 262 cm³/mol. The third kappa shape index (κ3) is 9.19. The maximum absolute atomic E-state index is 14.2. The van der Waals surface area contributed by atoms with Gasteiger partial charge in [0.25, 0.3) is 0 Å². The number of anilines is 2. The molecule has 5 aliphatic heterocycles. The molecule has 362 valence electrons. The number of hydrogen-bond acceptors (Lipinski definition) is 12. The molecule has 4 saturated heterocycles. The van der Waals surface area contributed by atoms with Crippen LogP contribution in [-0.2, 0) is 16.1 Å². The van der Waals surface area contributed by atoms with E-state index in [0.717, 1.165) is 80.2 Å². The van der Waals surface area contributed by atoms with E-state index in [1.807, 2.05) is 74.5 Å². The summed E-state index contributed by atoms with van der Waals surface area (Å²) in [5, 5.41) is 39.7. The molecular formula is C53H65N11O5. The molecule has 5 fully saturated rings. The van der Waals surface area contributed by atoms with Gasteiger partial charge in [0, 0.05) is 97.7 Å². The minimum absolute atomic E-state index is 0.0328. The van der Waals surface area contributed by atoms with Gasteiger partial charge in [0.1, 0.15) is 17.8 Å². The van der Waals surface area contributed by atoms with Gasteiger partial charge in [-0.15, -0.1) is 16.1 Å². The number of aliphatic hydroxyl groups excluding tert-OH is 1. The molecule has 6 atom stereocenters. The number of aromatic hydroxyl groups is 1. The first-order valence-corrected chi connectivity index (χ1v) is 24.8. The Bertz CT molecular complexity index is 2620. The van der Waals surface area contributed by atoms with Crippen molar-refractivity contribution >= 4 is 29.6 Å². The van der Waals surface area contributed by atoms with Crippen molar-refractivity contribution in [2.24, 2.45) is 10.8 Å². The summed E-state index contributed by atoms with van der Waals surface area (Å²) in [5.74, 6) is 7.53. The number of carbonyl (C=O) groups is 3. The van der Waals surface area contributed by atoms with Gasteiger partial charge in [-0.05, 0) is 112 Å². The zero-order chi connectivity index (χ0) is 48.2. The predicted octanol–water partition coefficient (Wildman–Crippen LogP) is 5.23. The number of piperidine rings is 2. The van der Waals surface area contributed by atoms with Crippen LogP contribution in [0.5, 0.6) is 5.75 Å². The summed E-state index contributed by atoms with van der Waals surface area (Å²) in [5.41, 5.74) is 4.90. The molecule has 1 spiro atoms. The van der Waals surface area contributed by atoms with Gasteiger partial charge in [-0.3, -0.25) is 9.59 Å². The van der Waals surface area contributed by atoms with Crippen molar-refractivity contribution < 1.29 is 24.6 Å². The van der Waals surface area contributed by atoms with Crippen LogP contribution in [0.3, 0.4) is 0 Å². The first kappa shape index (κ1) is 46.4. The van der Waals surface area contributed by atoms with E-state index in [0.29, 0.717) is 36.3 Å². The minimum Gasteiger partial charge on any atom is -0.507 e. The molecule has 1 aliphatic carbocycles. The van der Waals surface area contributed by atoms with E-state index in [4.69, 9.17) is 9.97 Å². The van der Waals surface area contributed by atoms with E-state index in [-0.39, 0.29) is 66.5 Å². The Morgan fingerprint density at radius 3 is 2.39 bits per heavy atom. The molecule has 1 saturated carbocycles. The van der Waals surface area contributed by atoms with Crippen LogP contribution < -0.4 is 20.9 Å². The Morgan fingerprint density at radius 1 is 0.971 bits per heavy atom. The minimum atomic E-state index is -0.877. The van der Waals surface area contributed by atoms with Crippen LogP contribution in [0, 0.1) is 22.7 Å². The summed E-state index contributed by atoms with van der Waals surface area (Å²) in [6.07, 6.45) is 8.50. The number of aliphatic hydroxyl groups is 1. The second-order valence-electron chi connectivity index (χ2n) is 21.5. The molecule has 5 N–H and O–H groups in total. The van der Waals surface area contributed by atoms with Gasteiger partial charge in [0.2, 0.25) is 17.8 Å². The number of fused-ring (bicyclic) bond motifs is 3. The third-order valence-corrected chi connectivity index (χ3v) is 15.9. The average molecular weight is 936 g/mol. The van der Waals surface area contributed by atoms with E-state index in [1.54, 1.807) is 19.1 Å². The Kier molecular flexibility index (Phi) is 12.5. The van der Waals surface area contributed by atoms with E-state index in [1.165, 1.54) is 10.5 Å².